The van der Waals surface area contributed by atoms with Crippen LogP contribution in [0.5, 0.6) is 0 Å². The summed E-state index contributed by atoms with van der Waals surface area (Å²) in [6.07, 6.45) is 3.41. The highest BCUT2D eigenvalue weighted by Crippen LogP contribution is 2.14. The number of hydrogen-bond acceptors (Lipinski definition) is 3. The van der Waals surface area contributed by atoms with Gasteiger partial charge in [-0.3, -0.25) is 9.48 Å². The summed E-state index contributed by atoms with van der Waals surface area (Å²) in [6, 6.07) is 20.0. The Morgan fingerprint density at radius 3 is 2.38 bits per heavy atom. The molecular weight excluding hydrogens is 324 g/mol. The molecule has 5 nitrogen and oxygen atoms in total. The van der Waals surface area contributed by atoms with Gasteiger partial charge in [0, 0.05) is 12.7 Å². The van der Waals surface area contributed by atoms with Gasteiger partial charge in [0.2, 0.25) is 0 Å². The average Bonchev–Trinajstić information content (AvgIpc) is 3.11. The van der Waals surface area contributed by atoms with Crippen LogP contribution >= 0.6 is 0 Å². The number of aromatic nitrogens is 2. The fraction of sp³-hybridized carbons (Fsp3) is 0.238. The maximum atomic E-state index is 12.7. The van der Waals surface area contributed by atoms with Crippen LogP contribution in [0.3, 0.4) is 0 Å². The van der Waals surface area contributed by atoms with Crippen LogP contribution in [0.15, 0.2) is 73.1 Å². The quantitative estimate of drug-likeness (QED) is 0.714. The van der Waals surface area contributed by atoms with Gasteiger partial charge in [0.15, 0.2) is 0 Å². The minimum Gasteiger partial charge on any atom is -0.344 e. The first kappa shape index (κ1) is 17.9. The van der Waals surface area contributed by atoms with Crippen LogP contribution in [0.25, 0.3) is 0 Å². The number of carbonyl (C=O) groups is 1. The molecule has 3 rings (SSSR count). The lowest BCUT2D eigenvalue weighted by Crippen LogP contribution is -2.35. The van der Waals surface area contributed by atoms with Gasteiger partial charge in [-0.25, -0.2) is 0 Å². The fourth-order valence-corrected chi connectivity index (χ4v) is 2.86. The van der Waals surface area contributed by atoms with Gasteiger partial charge >= 0.3 is 0 Å². The van der Waals surface area contributed by atoms with Gasteiger partial charge in [0.25, 0.3) is 5.91 Å². The van der Waals surface area contributed by atoms with Crippen LogP contribution in [0, 0.1) is 0 Å². The van der Waals surface area contributed by atoms with E-state index in [0.29, 0.717) is 12.1 Å². The van der Waals surface area contributed by atoms with Gasteiger partial charge < -0.3 is 10.2 Å². The molecule has 0 aliphatic heterocycles. The number of amides is 1. The number of likely N-dealkylation sites (N-methyl/N-ethyl adjacent to an activating group) is 1. The molecule has 1 N–H and O–H groups in total. The minimum absolute atomic E-state index is 0.0730. The summed E-state index contributed by atoms with van der Waals surface area (Å²) in [5.41, 5.74) is 2.81. The van der Waals surface area contributed by atoms with Crippen molar-refractivity contribution in [2.24, 2.45) is 0 Å². The second-order valence-electron chi connectivity index (χ2n) is 6.61. The van der Waals surface area contributed by atoms with Gasteiger partial charge in [0.1, 0.15) is 0 Å². The molecule has 3 aromatic rings. The molecule has 1 aromatic heterocycles. The van der Waals surface area contributed by atoms with Crippen LogP contribution in [-0.2, 0) is 6.54 Å². The molecule has 0 saturated carbocycles. The summed E-state index contributed by atoms with van der Waals surface area (Å²) >= 11 is 0. The molecule has 0 spiro atoms. The van der Waals surface area contributed by atoms with Gasteiger partial charge in [-0.2, -0.15) is 5.10 Å². The monoisotopic (exact) mass is 348 g/mol. The van der Waals surface area contributed by atoms with E-state index in [9.17, 15) is 4.79 Å². The predicted molar refractivity (Wildman–Crippen MR) is 103 cm³/mol. The normalized spacial score (nSPS) is 12.1. The molecule has 0 saturated heterocycles. The molecule has 0 fully saturated rings. The highest BCUT2D eigenvalue weighted by Gasteiger charge is 2.17. The molecule has 0 aliphatic rings. The zero-order valence-electron chi connectivity index (χ0n) is 15.2. The first-order valence-corrected chi connectivity index (χ1v) is 8.69. The molecule has 0 bridgehead atoms. The minimum atomic E-state index is -0.111. The van der Waals surface area contributed by atoms with Crippen molar-refractivity contribution in [3.63, 3.8) is 0 Å². The molecule has 2 aromatic carbocycles. The van der Waals surface area contributed by atoms with Crippen molar-refractivity contribution >= 4 is 5.91 Å². The van der Waals surface area contributed by atoms with E-state index < -0.39 is 0 Å². The highest BCUT2D eigenvalue weighted by molar-refractivity contribution is 5.94. The summed E-state index contributed by atoms with van der Waals surface area (Å²) in [5.74, 6) is -0.111. The predicted octanol–water partition coefficient (Wildman–Crippen LogP) is 2.96. The molecule has 1 heterocycles. The van der Waals surface area contributed by atoms with E-state index in [2.05, 4.69) is 15.3 Å². The highest BCUT2D eigenvalue weighted by atomic mass is 16.1. The number of carbonyl (C=O) groups excluding carboxylic acids is 1. The Bertz CT molecular complexity index is 827. The topological polar surface area (TPSA) is 50.2 Å². The third-order valence-electron chi connectivity index (χ3n) is 4.14. The van der Waals surface area contributed by atoms with Crippen molar-refractivity contribution in [3.8, 4) is 0 Å². The van der Waals surface area contributed by atoms with E-state index in [-0.39, 0.29) is 11.9 Å². The van der Waals surface area contributed by atoms with E-state index in [4.69, 9.17) is 0 Å². The third-order valence-corrected chi connectivity index (χ3v) is 4.14. The number of nitrogens with one attached hydrogen (secondary N) is 1. The number of rotatable bonds is 7. The number of hydrogen-bond donors (Lipinski definition) is 1. The lowest BCUT2D eigenvalue weighted by molar-refractivity contribution is 0.0930. The number of benzene rings is 2. The molecule has 0 aliphatic carbocycles. The van der Waals surface area contributed by atoms with Crippen molar-refractivity contribution in [1.82, 2.24) is 20.0 Å². The van der Waals surface area contributed by atoms with E-state index >= 15 is 0 Å². The van der Waals surface area contributed by atoms with Crippen molar-refractivity contribution in [1.29, 1.82) is 0 Å². The Morgan fingerprint density at radius 1 is 1.08 bits per heavy atom. The van der Waals surface area contributed by atoms with Crippen LogP contribution in [0.1, 0.15) is 27.5 Å². The second-order valence-corrected chi connectivity index (χ2v) is 6.61. The molecule has 1 atom stereocenters. The first-order valence-electron chi connectivity index (χ1n) is 8.69. The fourth-order valence-electron chi connectivity index (χ4n) is 2.86. The standard InChI is InChI=1S/C21H24N4O/c1-24(2)16-20(18-11-7-4-8-12-18)23-21(26)19-13-22-25(15-19)14-17-9-5-3-6-10-17/h3-13,15,20H,14,16H2,1-2H3,(H,23,26). The lowest BCUT2D eigenvalue weighted by atomic mass is 10.1. The maximum Gasteiger partial charge on any atom is 0.254 e. The summed E-state index contributed by atoms with van der Waals surface area (Å²) in [6.45, 7) is 1.38. The molecular formula is C21H24N4O. The second kappa shape index (κ2) is 8.45. The summed E-state index contributed by atoms with van der Waals surface area (Å²) < 4.78 is 1.79. The molecule has 26 heavy (non-hydrogen) atoms. The Hall–Kier alpha value is -2.92. The van der Waals surface area contributed by atoms with Crippen LogP contribution in [0.2, 0.25) is 0 Å². The summed E-state index contributed by atoms with van der Waals surface area (Å²) in [4.78, 5) is 14.8. The van der Waals surface area contributed by atoms with E-state index in [1.165, 1.54) is 0 Å². The van der Waals surface area contributed by atoms with Gasteiger partial charge in [-0.15, -0.1) is 0 Å². The number of nitrogens with zero attached hydrogens (tertiary/aromatic N) is 3. The molecule has 5 heteroatoms. The van der Waals surface area contributed by atoms with E-state index in [1.807, 2.05) is 74.8 Å². The van der Waals surface area contributed by atoms with Crippen LogP contribution < -0.4 is 5.32 Å². The van der Waals surface area contributed by atoms with Crippen molar-refractivity contribution in [2.75, 3.05) is 20.6 Å². The summed E-state index contributed by atoms with van der Waals surface area (Å²) in [7, 11) is 4.00. The van der Waals surface area contributed by atoms with Crippen molar-refractivity contribution in [3.05, 3.63) is 89.7 Å². The van der Waals surface area contributed by atoms with Gasteiger partial charge in [0.05, 0.1) is 24.3 Å². The summed E-state index contributed by atoms with van der Waals surface area (Å²) in [5, 5.41) is 7.44. The lowest BCUT2D eigenvalue weighted by Gasteiger charge is -2.22. The smallest absolute Gasteiger partial charge is 0.254 e. The van der Waals surface area contributed by atoms with Crippen LogP contribution in [-0.4, -0.2) is 41.2 Å². The zero-order valence-corrected chi connectivity index (χ0v) is 15.2. The van der Waals surface area contributed by atoms with Crippen molar-refractivity contribution < 1.29 is 4.79 Å². The van der Waals surface area contributed by atoms with Gasteiger partial charge in [-0.1, -0.05) is 60.7 Å². The molecule has 134 valence electrons. The Morgan fingerprint density at radius 2 is 1.73 bits per heavy atom. The van der Waals surface area contributed by atoms with Crippen LogP contribution in [0.4, 0.5) is 0 Å². The van der Waals surface area contributed by atoms with Crippen molar-refractivity contribution in [2.45, 2.75) is 12.6 Å². The first-order chi connectivity index (χ1) is 12.6. The molecule has 1 amide bonds. The molecule has 1 unspecified atom stereocenters. The Kier molecular flexibility index (Phi) is 5.81. The third kappa shape index (κ3) is 4.80. The largest absolute Gasteiger partial charge is 0.344 e. The van der Waals surface area contributed by atoms with E-state index in [1.54, 1.807) is 17.1 Å². The Balaban J connectivity index is 1.70. The average molecular weight is 348 g/mol. The molecule has 0 radical (unpaired) electrons. The Labute approximate surface area is 154 Å². The van der Waals surface area contributed by atoms with Gasteiger partial charge in [-0.05, 0) is 25.2 Å². The van der Waals surface area contributed by atoms with E-state index in [0.717, 1.165) is 17.7 Å². The maximum absolute atomic E-state index is 12.7. The SMILES string of the molecule is CN(C)CC(NC(=O)c1cnn(Cc2ccccc2)c1)c1ccccc1. The zero-order chi connectivity index (χ0) is 18.4.